The van der Waals surface area contributed by atoms with Gasteiger partial charge in [-0.05, 0) is 0 Å². The van der Waals surface area contributed by atoms with Crippen LogP contribution in [0, 0.1) is 0 Å². The maximum absolute atomic E-state index is 10.3. The molecule has 1 aromatic heterocycles. The van der Waals surface area contributed by atoms with Gasteiger partial charge in [0, 0.05) is 11.0 Å². The minimum absolute atomic E-state index is 0.354. The smallest absolute Gasteiger partial charge is 0.328 e. The molecule has 10 heavy (non-hydrogen) atoms. The number of thiol groups is 1. The lowest BCUT2D eigenvalue weighted by atomic mass is 10.7. The Balaban J connectivity index is 3.21. The fraction of sp³-hybridized carbons (Fsp3) is 0. The Morgan fingerprint density at radius 2 is 2.20 bits per heavy atom. The lowest BCUT2D eigenvalue weighted by Gasteiger charge is -1.84. The maximum Gasteiger partial charge on any atom is 0.328 e. The zero-order valence-electron chi connectivity index (χ0n) is 4.68. The van der Waals surface area contributed by atoms with E-state index < -0.39 is 15.2 Å². The highest BCUT2D eigenvalue weighted by Crippen LogP contribution is 2.15. The van der Waals surface area contributed by atoms with Gasteiger partial charge in [-0.15, -0.1) is 12.6 Å². The molecule has 0 atom stereocenters. The second-order valence-electron chi connectivity index (χ2n) is 1.60. The number of rotatable bonds is 1. The van der Waals surface area contributed by atoms with E-state index in [0.717, 1.165) is 12.3 Å². The Morgan fingerprint density at radius 3 is 2.40 bits per heavy atom. The molecule has 6 heteroatoms. The SMILES string of the molecule is O=S(=O)(O)c1cc(S)co1. The molecule has 0 spiro atoms. The fourth-order valence-corrected chi connectivity index (χ4v) is 1.15. The summed E-state index contributed by atoms with van der Waals surface area (Å²) in [5.41, 5.74) is 0. The lowest BCUT2D eigenvalue weighted by molar-refractivity contribution is 0.406. The van der Waals surface area contributed by atoms with Crippen LogP contribution in [-0.2, 0) is 10.1 Å². The lowest BCUT2D eigenvalue weighted by Crippen LogP contribution is -1.94. The highest BCUT2D eigenvalue weighted by atomic mass is 32.2. The van der Waals surface area contributed by atoms with Crippen LogP contribution in [-0.4, -0.2) is 13.0 Å². The van der Waals surface area contributed by atoms with E-state index in [-0.39, 0.29) is 0 Å². The molecule has 0 saturated heterocycles. The first-order chi connectivity index (χ1) is 4.50. The van der Waals surface area contributed by atoms with E-state index in [1.54, 1.807) is 0 Å². The van der Waals surface area contributed by atoms with Crippen molar-refractivity contribution >= 4 is 22.7 Å². The van der Waals surface area contributed by atoms with Gasteiger partial charge >= 0.3 is 10.1 Å². The molecule has 1 heterocycles. The maximum atomic E-state index is 10.3. The van der Waals surface area contributed by atoms with Gasteiger partial charge in [0.05, 0.1) is 0 Å². The van der Waals surface area contributed by atoms with Crippen LogP contribution >= 0.6 is 12.6 Å². The van der Waals surface area contributed by atoms with Gasteiger partial charge in [0.25, 0.3) is 0 Å². The van der Waals surface area contributed by atoms with Gasteiger partial charge in [-0.2, -0.15) is 8.42 Å². The van der Waals surface area contributed by atoms with Crippen LogP contribution in [0.5, 0.6) is 0 Å². The van der Waals surface area contributed by atoms with Crippen molar-refractivity contribution in [3.05, 3.63) is 12.3 Å². The quantitative estimate of drug-likeness (QED) is 0.496. The second kappa shape index (κ2) is 2.30. The van der Waals surface area contributed by atoms with Crippen LogP contribution in [0.3, 0.4) is 0 Å². The van der Waals surface area contributed by atoms with Crippen LogP contribution < -0.4 is 0 Å². The van der Waals surface area contributed by atoms with Crippen LogP contribution in [0.25, 0.3) is 0 Å². The monoisotopic (exact) mass is 180 g/mol. The Labute approximate surface area is 63.0 Å². The van der Waals surface area contributed by atoms with Crippen molar-refractivity contribution in [2.24, 2.45) is 0 Å². The third-order valence-electron chi connectivity index (χ3n) is 0.816. The highest BCUT2D eigenvalue weighted by Gasteiger charge is 2.13. The molecule has 4 nitrogen and oxygen atoms in total. The molecule has 0 radical (unpaired) electrons. The molecule has 0 aliphatic heterocycles. The molecule has 56 valence electrons. The molecule has 0 bridgehead atoms. The van der Waals surface area contributed by atoms with Crippen LogP contribution in [0.2, 0.25) is 0 Å². The van der Waals surface area contributed by atoms with E-state index in [1.807, 2.05) is 0 Å². The summed E-state index contributed by atoms with van der Waals surface area (Å²) in [6.45, 7) is 0. The Hall–Kier alpha value is -0.460. The first-order valence-electron chi connectivity index (χ1n) is 2.25. The van der Waals surface area contributed by atoms with E-state index >= 15 is 0 Å². The van der Waals surface area contributed by atoms with Crippen LogP contribution in [0.15, 0.2) is 26.7 Å². The Morgan fingerprint density at radius 1 is 1.60 bits per heavy atom. The zero-order valence-corrected chi connectivity index (χ0v) is 6.39. The Kier molecular flexibility index (Phi) is 1.76. The van der Waals surface area contributed by atoms with Crippen molar-refractivity contribution in [3.63, 3.8) is 0 Å². The predicted molar refractivity (Wildman–Crippen MR) is 35.8 cm³/mol. The van der Waals surface area contributed by atoms with Gasteiger partial charge in [-0.25, -0.2) is 0 Å². The van der Waals surface area contributed by atoms with E-state index in [9.17, 15) is 8.42 Å². The van der Waals surface area contributed by atoms with Gasteiger partial charge < -0.3 is 4.42 Å². The van der Waals surface area contributed by atoms with Crippen molar-refractivity contribution in [2.45, 2.75) is 9.99 Å². The number of hydrogen-bond donors (Lipinski definition) is 2. The zero-order chi connectivity index (χ0) is 7.78. The van der Waals surface area contributed by atoms with Gasteiger partial charge in [-0.1, -0.05) is 0 Å². The van der Waals surface area contributed by atoms with Crippen molar-refractivity contribution in [3.8, 4) is 0 Å². The third-order valence-corrected chi connectivity index (χ3v) is 1.77. The minimum atomic E-state index is -4.20. The average Bonchev–Trinajstić information content (AvgIpc) is 2.11. The number of hydrogen-bond acceptors (Lipinski definition) is 4. The normalized spacial score (nSPS) is 11.8. The topological polar surface area (TPSA) is 67.5 Å². The van der Waals surface area contributed by atoms with Gasteiger partial charge in [0.15, 0.2) is 0 Å². The molecule has 0 aliphatic carbocycles. The van der Waals surface area contributed by atoms with E-state index in [1.165, 1.54) is 0 Å². The molecule has 0 unspecified atom stereocenters. The molecular formula is C4H4O4S2. The largest absolute Gasteiger partial charge is 0.450 e. The number of furan rings is 1. The summed E-state index contributed by atoms with van der Waals surface area (Å²) >= 11 is 3.77. The van der Waals surface area contributed by atoms with Crippen LogP contribution in [0.1, 0.15) is 0 Å². The van der Waals surface area contributed by atoms with E-state index in [2.05, 4.69) is 17.0 Å². The summed E-state index contributed by atoms with van der Waals surface area (Å²) in [4.78, 5) is 0.354. The molecule has 1 aromatic rings. The first kappa shape index (κ1) is 7.64. The van der Waals surface area contributed by atoms with Gasteiger partial charge in [-0.3, -0.25) is 4.55 Å². The standard InChI is InChI=1S/C4H4O4S2/c5-10(6,7)4-1-3(9)2-8-4/h1-2,9H,(H,5,6,7). The highest BCUT2D eigenvalue weighted by molar-refractivity contribution is 7.85. The van der Waals surface area contributed by atoms with Crippen molar-refractivity contribution in [1.29, 1.82) is 0 Å². The summed E-state index contributed by atoms with van der Waals surface area (Å²) in [7, 11) is -4.20. The average molecular weight is 180 g/mol. The van der Waals surface area contributed by atoms with E-state index in [4.69, 9.17) is 4.55 Å². The fourth-order valence-electron chi connectivity index (χ4n) is 0.443. The molecule has 0 aromatic carbocycles. The predicted octanol–water partition coefficient (Wildman–Crippen LogP) is 0.815. The van der Waals surface area contributed by atoms with Crippen LogP contribution in [0.4, 0.5) is 0 Å². The van der Waals surface area contributed by atoms with E-state index in [0.29, 0.717) is 4.90 Å². The van der Waals surface area contributed by atoms with Gasteiger partial charge in [0.1, 0.15) is 6.26 Å². The summed E-state index contributed by atoms with van der Waals surface area (Å²) in [6, 6.07) is 1.11. The van der Waals surface area contributed by atoms with Crippen molar-refractivity contribution in [1.82, 2.24) is 0 Å². The molecular weight excluding hydrogens is 176 g/mol. The second-order valence-corrected chi connectivity index (χ2v) is 3.47. The third kappa shape index (κ3) is 1.53. The summed E-state index contributed by atoms with van der Waals surface area (Å²) < 4.78 is 33.3. The molecule has 1 rings (SSSR count). The molecule has 0 aliphatic rings. The molecule has 1 N–H and O–H groups in total. The van der Waals surface area contributed by atoms with Gasteiger partial charge in [0.2, 0.25) is 5.09 Å². The molecule has 0 amide bonds. The minimum Gasteiger partial charge on any atom is -0.450 e. The Bertz CT molecular complexity index is 323. The summed E-state index contributed by atoms with van der Waals surface area (Å²) in [5, 5.41) is -0.488. The van der Waals surface area contributed by atoms with Crippen molar-refractivity contribution < 1.29 is 17.4 Å². The molecule has 0 fully saturated rings. The first-order valence-corrected chi connectivity index (χ1v) is 4.14. The van der Waals surface area contributed by atoms with Crippen molar-refractivity contribution in [2.75, 3.05) is 0 Å². The molecule has 0 saturated carbocycles. The summed E-state index contributed by atoms with van der Waals surface area (Å²) in [6.07, 6.45) is 1.12. The summed E-state index contributed by atoms with van der Waals surface area (Å²) in [5.74, 6) is 0.